The molecule has 30 heavy (non-hydrogen) atoms. The number of amides is 4. The average molecular weight is 451 g/mol. The summed E-state index contributed by atoms with van der Waals surface area (Å²) in [6, 6.07) is -5.13. The Balaban J connectivity index is 5.16. The maximum absolute atomic E-state index is 12.5. The highest BCUT2D eigenvalue weighted by Gasteiger charge is 2.29. The predicted octanol–water partition coefficient (Wildman–Crippen LogP) is -4.22. The van der Waals surface area contributed by atoms with Gasteiger partial charge in [-0.05, 0) is 25.8 Å². The van der Waals surface area contributed by atoms with Crippen molar-refractivity contribution in [2.75, 3.05) is 18.9 Å². The van der Waals surface area contributed by atoms with Gasteiger partial charge in [-0.15, -0.1) is 0 Å². The van der Waals surface area contributed by atoms with E-state index in [1.165, 1.54) is 0 Å². The molecule has 0 aromatic rings. The fourth-order valence-corrected chi connectivity index (χ4v) is 2.53. The summed E-state index contributed by atoms with van der Waals surface area (Å²) >= 11 is 3.99. The molecule has 4 unspecified atom stereocenters. The highest BCUT2D eigenvalue weighted by Crippen LogP contribution is 2.03. The van der Waals surface area contributed by atoms with Gasteiger partial charge in [0.15, 0.2) is 0 Å². The molecular weight excluding hydrogens is 420 g/mol. The van der Waals surface area contributed by atoms with Gasteiger partial charge in [-0.3, -0.25) is 19.2 Å². The number of nitrogens with two attached hydrogens (primary N) is 3. The number of carboxylic acid groups (broad SMARTS) is 1. The van der Waals surface area contributed by atoms with Crippen LogP contribution in [0.25, 0.3) is 0 Å². The van der Waals surface area contributed by atoms with Crippen molar-refractivity contribution in [1.82, 2.24) is 16.0 Å². The summed E-state index contributed by atoms with van der Waals surface area (Å²) in [5.41, 5.74) is 15.9. The Hall–Kier alpha value is -2.42. The SMILES string of the molecule is NCCCCC(NC(=O)C(CS)NC(=O)C(N)CC(N)=O)C(=O)NC(CO)C(=O)O. The van der Waals surface area contributed by atoms with Crippen molar-refractivity contribution in [3.8, 4) is 0 Å². The number of nitrogens with one attached hydrogen (secondary N) is 3. The third-order valence-electron chi connectivity index (χ3n) is 3.95. The number of thiol groups is 1. The monoisotopic (exact) mass is 450 g/mol. The number of aliphatic hydroxyl groups is 1. The molecule has 0 heterocycles. The highest BCUT2D eigenvalue weighted by atomic mass is 32.1. The van der Waals surface area contributed by atoms with E-state index in [0.717, 1.165) is 0 Å². The lowest BCUT2D eigenvalue weighted by atomic mass is 10.1. The fraction of sp³-hybridized carbons (Fsp3) is 0.688. The van der Waals surface area contributed by atoms with Crippen molar-refractivity contribution < 1.29 is 34.2 Å². The molecule has 0 saturated heterocycles. The molecule has 0 aliphatic heterocycles. The number of aliphatic hydroxyl groups excluding tert-OH is 1. The lowest BCUT2D eigenvalue weighted by Crippen LogP contribution is -2.58. The van der Waals surface area contributed by atoms with Crippen molar-refractivity contribution in [3.05, 3.63) is 0 Å². The minimum atomic E-state index is -1.54. The Kier molecular flexibility index (Phi) is 13.4. The van der Waals surface area contributed by atoms with E-state index in [9.17, 15) is 24.0 Å². The van der Waals surface area contributed by atoms with E-state index >= 15 is 0 Å². The molecule has 11 N–H and O–H groups in total. The van der Waals surface area contributed by atoms with Gasteiger partial charge in [0.1, 0.15) is 18.1 Å². The van der Waals surface area contributed by atoms with Gasteiger partial charge >= 0.3 is 5.97 Å². The van der Waals surface area contributed by atoms with E-state index in [1.807, 2.05) is 0 Å². The smallest absolute Gasteiger partial charge is 0.328 e. The van der Waals surface area contributed by atoms with Crippen LogP contribution < -0.4 is 33.2 Å². The molecule has 0 aromatic carbocycles. The van der Waals surface area contributed by atoms with Gasteiger partial charge in [0.2, 0.25) is 23.6 Å². The van der Waals surface area contributed by atoms with Crippen LogP contribution in [0.3, 0.4) is 0 Å². The van der Waals surface area contributed by atoms with Crippen LogP contribution >= 0.6 is 12.6 Å². The number of rotatable bonds is 15. The lowest BCUT2D eigenvalue weighted by Gasteiger charge is -2.24. The Labute approximate surface area is 178 Å². The second-order valence-corrected chi connectivity index (χ2v) is 6.81. The molecule has 0 spiro atoms. The first-order valence-corrected chi connectivity index (χ1v) is 9.80. The van der Waals surface area contributed by atoms with Crippen molar-refractivity contribution in [3.63, 3.8) is 0 Å². The minimum absolute atomic E-state index is 0.140. The molecule has 14 heteroatoms. The van der Waals surface area contributed by atoms with Gasteiger partial charge in [-0.1, -0.05) is 0 Å². The van der Waals surface area contributed by atoms with Crippen LogP contribution in [0.1, 0.15) is 25.7 Å². The number of hydrogen-bond donors (Lipinski definition) is 9. The molecule has 4 atom stereocenters. The first-order valence-electron chi connectivity index (χ1n) is 9.16. The number of carbonyl (C=O) groups is 5. The minimum Gasteiger partial charge on any atom is -0.480 e. The second kappa shape index (κ2) is 14.5. The van der Waals surface area contributed by atoms with Gasteiger partial charge in [-0.2, -0.15) is 12.6 Å². The normalized spacial score (nSPS) is 14.7. The van der Waals surface area contributed by atoms with Crippen LogP contribution in [0, 0.1) is 0 Å². The maximum Gasteiger partial charge on any atom is 0.328 e. The largest absolute Gasteiger partial charge is 0.480 e. The molecule has 0 rings (SSSR count). The second-order valence-electron chi connectivity index (χ2n) is 6.45. The van der Waals surface area contributed by atoms with Crippen LogP contribution in [0.4, 0.5) is 0 Å². The Bertz CT molecular complexity index is 621. The van der Waals surface area contributed by atoms with E-state index in [-0.39, 0.29) is 12.2 Å². The summed E-state index contributed by atoms with van der Waals surface area (Å²) in [6.07, 6.45) is 0.722. The summed E-state index contributed by atoms with van der Waals surface area (Å²) in [5.74, 6) is -4.78. The summed E-state index contributed by atoms with van der Waals surface area (Å²) in [7, 11) is 0. The number of aliphatic carboxylic acids is 1. The Morgan fingerprint density at radius 3 is 1.90 bits per heavy atom. The molecular formula is C16H30N6O7S. The molecule has 0 bridgehead atoms. The van der Waals surface area contributed by atoms with Crippen molar-refractivity contribution in [1.29, 1.82) is 0 Å². The third-order valence-corrected chi connectivity index (χ3v) is 4.32. The van der Waals surface area contributed by atoms with Crippen LogP contribution in [0.2, 0.25) is 0 Å². The standard InChI is InChI=1S/C16H30N6O7S/c17-4-2-1-3-9(14(26)21-10(6-23)16(28)29)20-15(27)11(7-30)22-13(25)8(18)5-12(19)24/h8-11,23,30H,1-7,17-18H2,(H2,19,24)(H,20,27)(H,21,26)(H,22,25)(H,28,29). The zero-order valence-electron chi connectivity index (χ0n) is 16.4. The number of carboxylic acids is 1. The van der Waals surface area contributed by atoms with E-state index in [2.05, 4.69) is 28.6 Å². The molecule has 0 aliphatic carbocycles. The van der Waals surface area contributed by atoms with Crippen molar-refractivity contribution in [2.45, 2.75) is 49.9 Å². The zero-order valence-corrected chi connectivity index (χ0v) is 17.3. The molecule has 13 nitrogen and oxygen atoms in total. The van der Waals surface area contributed by atoms with Gasteiger partial charge in [0.25, 0.3) is 0 Å². The van der Waals surface area contributed by atoms with E-state index < -0.39 is 66.8 Å². The van der Waals surface area contributed by atoms with Gasteiger partial charge in [0.05, 0.1) is 19.1 Å². The Morgan fingerprint density at radius 2 is 1.43 bits per heavy atom. The van der Waals surface area contributed by atoms with Crippen molar-refractivity contribution >= 4 is 42.2 Å². The quantitative estimate of drug-likeness (QED) is 0.0866. The number of unbranched alkanes of at least 4 members (excludes halogenated alkanes) is 1. The molecule has 0 aromatic heterocycles. The summed E-state index contributed by atoms with van der Waals surface area (Å²) in [4.78, 5) is 58.8. The Morgan fingerprint density at radius 1 is 0.900 bits per heavy atom. The van der Waals surface area contributed by atoms with Crippen LogP contribution in [0.15, 0.2) is 0 Å². The van der Waals surface area contributed by atoms with Crippen molar-refractivity contribution in [2.24, 2.45) is 17.2 Å². The van der Waals surface area contributed by atoms with Crippen LogP contribution in [-0.2, 0) is 24.0 Å². The molecule has 0 fully saturated rings. The molecule has 172 valence electrons. The molecule has 0 saturated carbocycles. The van der Waals surface area contributed by atoms with E-state index in [4.69, 9.17) is 27.4 Å². The summed E-state index contributed by atoms with van der Waals surface area (Å²) in [6.45, 7) is -0.485. The van der Waals surface area contributed by atoms with Gasteiger partial charge in [-0.25, -0.2) is 4.79 Å². The van der Waals surface area contributed by atoms with Crippen LogP contribution in [-0.4, -0.2) is 82.9 Å². The number of hydrogen-bond acceptors (Lipinski definition) is 9. The molecule has 0 radical (unpaired) electrons. The molecule has 4 amide bonds. The zero-order chi connectivity index (χ0) is 23.3. The van der Waals surface area contributed by atoms with Crippen LogP contribution in [0.5, 0.6) is 0 Å². The fourth-order valence-electron chi connectivity index (χ4n) is 2.27. The van der Waals surface area contributed by atoms with Gasteiger partial charge < -0.3 is 43.4 Å². The first-order chi connectivity index (χ1) is 14.1. The highest BCUT2D eigenvalue weighted by molar-refractivity contribution is 7.80. The van der Waals surface area contributed by atoms with E-state index in [0.29, 0.717) is 19.4 Å². The summed E-state index contributed by atoms with van der Waals surface area (Å²) in [5, 5.41) is 24.9. The number of carbonyl (C=O) groups excluding carboxylic acids is 4. The predicted molar refractivity (Wildman–Crippen MR) is 109 cm³/mol. The molecule has 0 aliphatic rings. The van der Waals surface area contributed by atoms with E-state index in [1.54, 1.807) is 0 Å². The summed E-state index contributed by atoms with van der Waals surface area (Å²) < 4.78 is 0. The average Bonchev–Trinajstić information content (AvgIpc) is 2.68. The first kappa shape index (κ1) is 27.6. The number of primary amides is 1. The third kappa shape index (κ3) is 10.4. The maximum atomic E-state index is 12.5. The van der Waals surface area contributed by atoms with Gasteiger partial charge in [0, 0.05) is 5.75 Å². The topological polar surface area (TPSA) is 240 Å². The lowest BCUT2D eigenvalue weighted by molar-refractivity contribution is -0.143.